The number of primary amides is 1. The summed E-state index contributed by atoms with van der Waals surface area (Å²) in [5.41, 5.74) is 6.59. The average molecular weight is 493 g/mol. The monoisotopic (exact) mass is 492 g/mol. The maximum atomic E-state index is 12.7. The molecule has 0 bridgehead atoms. The maximum absolute atomic E-state index is 12.7. The number of rotatable bonds is 11. The van der Waals surface area contributed by atoms with E-state index in [1.165, 1.54) is 12.1 Å². The highest BCUT2D eigenvalue weighted by molar-refractivity contribution is 5.89. The molecule has 0 fully saturated rings. The SMILES string of the molecule is CCC(C)(CC(C#N)CCC(C)(C)C(N)=O)c1cccc(C(C)(C)NC(=O)Nc2ccc(O)cc2)c1. The number of phenols is 1. The van der Waals surface area contributed by atoms with Gasteiger partial charge in [-0.3, -0.25) is 4.79 Å². The van der Waals surface area contributed by atoms with Gasteiger partial charge in [0, 0.05) is 17.0 Å². The third-order valence-corrected chi connectivity index (χ3v) is 7.28. The van der Waals surface area contributed by atoms with Crippen molar-refractivity contribution in [1.82, 2.24) is 5.32 Å². The van der Waals surface area contributed by atoms with Gasteiger partial charge in [0.15, 0.2) is 0 Å². The topological polar surface area (TPSA) is 128 Å². The number of carbonyl (C=O) groups excluding carboxylic acids is 2. The van der Waals surface area contributed by atoms with E-state index in [4.69, 9.17) is 5.73 Å². The van der Waals surface area contributed by atoms with Crippen LogP contribution in [0.5, 0.6) is 5.75 Å². The highest BCUT2D eigenvalue weighted by Gasteiger charge is 2.33. The number of hydrogen-bond acceptors (Lipinski definition) is 4. The van der Waals surface area contributed by atoms with Gasteiger partial charge in [-0.1, -0.05) is 52.0 Å². The predicted octanol–water partition coefficient (Wildman–Crippen LogP) is 5.94. The Morgan fingerprint density at radius 1 is 1.06 bits per heavy atom. The normalized spacial score (nSPS) is 14.2. The number of nitrogens with zero attached hydrogens (tertiary/aromatic N) is 1. The lowest BCUT2D eigenvalue weighted by Gasteiger charge is -2.34. The molecule has 2 atom stereocenters. The molecule has 2 aromatic carbocycles. The summed E-state index contributed by atoms with van der Waals surface area (Å²) in [6, 6.07) is 16.5. The Morgan fingerprint density at radius 2 is 1.67 bits per heavy atom. The van der Waals surface area contributed by atoms with Gasteiger partial charge < -0.3 is 21.5 Å². The van der Waals surface area contributed by atoms with Crippen LogP contribution >= 0.6 is 0 Å². The summed E-state index contributed by atoms with van der Waals surface area (Å²) in [6.45, 7) is 11.8. The number of nitriles is 1. The Hall–Kier alpha value is -3.53. The first-order chi connectivity index (χ1) is 16.7. The van der Waals surface area contributed by atoms with Crippen molar-refractivity contribution in [2.24, 2.45) is 17.1 Å². The number of aromatic hydroxyl groups is 1. The first-order valence-electron chi connectivity index (χ1n) is 12.4. The summed E-state index contributed by atoms with van der Waals surface area (Å²) in [4.78, 5) is 24.4. The number of phenolic OH excluding ortho intramolecular Hbond substituents is 1. The molecule has 0 aliphatic heterocycles. The zero-order chi connectivity index (χ0) is 27.1. The summed E-state index contributed by atoms with van der Waals surface area (Å²) in [5.74, 6) is -0.430. The molecule has 194 valence electrons. The maximum Gasteiger partial charge on any atom is 0.319 e. The number of hydrogen-bond donors (Lipinski definition) is 4. The fourth-order valence-corrected chi connectivity index (χ4v) is 4.23. The van der Waals surface area contributed by atoms with E-state index in [9.17, 15) is 20.0 Å². The third kappa shape index (κ3) is 7.48. The van der Waals surface area contributed by atoms with Gasteiger partial charge in [0.1, 0.15) is 5.75 Å². The molecule has 0 saturated heterocycles. The van der Waals surface area contributed by atoms with Gasteiger partial charge >= 0.3 is 6.03 Å². The summed E-state index contributed by atoms with van der Waals surface area (Å²) >= 11 is 0. The molecule has 0 aliphatic rings. The summed E-state index contributed by atoms with van der Waals surface area (Å²) in [5, 5.41) is 25.1. The van der Waals surface area contributed by atoms with Crippen LogP contribution in [0.15, 0.2) is 48.5 Å². The first kappa shape index (κ1) is 28.7. The molecular weight excluding hydrogens is 452 g/mol. The number of carbonyl (C=O) groups is 2. The molecule has 36 heavy (non-hydrogen) atoms. The number of benzene rings is 2. The largest absolute Gasteiger partial charge is 0.508 e. The molecule has 5 N–H and O–H groups in total. The highest BCUT2D eigenvalue weighted by Crippen LogP contribution is 2.38. The Bertz CT molecular complexity index is 1100. The van der Waals surface area contributed by atoms with Crippen LogP contribution in [-0.4, -0.2) is 17.0 Å². The van der Waals surface area contributed by atoms with Crippen LogP contribution in [0, 0.1) is 22.7 Å². The van der Waals surface area contributed by atoms with E-state index in [0.717, 1.165) is 17.5 Å². The van der Waals surface area contributed by atoms with Crippen LogP contribution in [0.2, 0.25) is 0 Å². The van der Waals surface area contributed by atoms with E-state index in [0.29, 0.717) is 24.9 Å². The van der Waals surface area contributed by atoms with Gasteiger partial charge in [0.2, 0.25) is 5.91 Å². The van der Waals surface area contributed by atoms with Gasteiger partial charge in [0.25, 0.3) is 0 Å². The predicted molar refractivity (Wildman–Crippen MR) is 143 cm³/mol. The number of amides is 3. The molecule has 2 aromatic rings. The zero-order valence-electron chi connectivity index (χ0n) is 22.3. The molecule has 0 radical (unpaired) electrons. The fraction of sp³-hybridized carbons (Fsp3) is 0.483. The second kappa shape index (κ2) is 11.5. The zero-order valence-corrected chi connectivity index (χ0v) is 22.3. The van der Waals surface area contributed by atoms with Gasteiger partial charge in [-0.05, 0) is 80.3 Å². The van der Waals surface area contributed by atoms with Crippen molar-refractivity contribution in [1.29, 1.82) is 5.26 Å². The Morgan fingerprint density at radius 3 is 2.22 bits per heavy atom. The van der Waals surface area contributed by atoms with Crippen molar-refractivity contribution in [3.05, 3.63) is 59.7 Å². The molecule has 2 rings (SSSR count). The van der Waals surface area contributed by atoms with Crippen molar-refractivity contribution in [3.8, 4) is 11.8 Å². The molecule has 0 aliphatic carbocycles. The van der Waals surface area contributed by atoms with Gasteiger partial charge in [-0.15, -0.1) is 0 Å². The first-order valence-corrected chi connectivity index (χ1v) is 12.4. The van der Waals surface area contributed by atoms with Gasteiger partial charge in [0.05, 0.1) is 11.6 Å². The summed E-state index contributed by atoms with van der Waals surface area (Å²) < 4.78 is 0. The number of nitrogens with one attached hydrogen (secondary N) is 2. The van der Waals surface area contributed by atoms with E-state index in [1.807, 2.05) is 39.8 Å². The molecule has 0 spiro atoms. The van der Waals surface area contributed by atoms with Crippen LogP contribution in [-0.2, 0) is 15.7 Å². The lowest BCUT2D eigenvalue weighted by atomic mass is 9.71. The van der Waals surface area contributed by atoms with Crippen LogP contribution < -0.4 is 16.4 Å². The molecule has 7 heteroatoms. The molecule has 2 unspecified atom stereocenters. The van der Waals surface area contributed by atoms with E-state index in [2.05, 4.69) is 42.7 Å². The quantitative estimate of drug-likeness (QED) is 0.289. The van der Waals surface area contributed by atoms with E-state index in [1.54, 1.807) is 12.1 Å². The van der Waals surface area contributed by atoms with Crippen molar-refractivity contribution in [3.63, 3.8) is 0 Å². The third-order valence-electron chi connectivity index (χ3n) is 7.28. The molecule has 0 heterocycles. The van der Waals surface area contributed by atoms with Crippen LogP contribution in [0.25, 0.3) is 0 Å². The van der Waals surface area contributed by atoms with Crippen molar-refractivity contribution in [2.45, 2.75) is 78.2 Å². The molecule has 0 saturated carbocycles. The minimum absolute atomic E-state index is 0.132. The van der Waals surface area contributed by atoms with E-state index < -0.39 is 11.0 Å². The highest BCUT2D eigenvalue weighted by atomic mass is 16.3. The van der Waals surface area contributed by atoms with Crippen LogP contribution in [0.1, 0.15) is 78.4 Å². The Kier molecular flexibility index (Phi) is 9.15. The minimum Gasteiger partial charge on any atom is -0.508 e. The Balaban J connectivity index is 2.18. The number of nitrogens with two attached hydrogens (primary N) is 1. The molecular formula is C29H40N4O3. The molecule has 0 aromatic heterocycles. The molecule has 7 nitrogen and oxygen atoms in total. The second-order valence-corrected chi connectivity index (χ2v) is 11.1. The Labute approximate surface area is 215 Å². The standard InChI is InChI=1S/C29H40N4O3/c1-7-29(6,18-20(19-30)15-16-27(2,3)25(31)35)22-10-8-9-21(17-22)28(4,5)33-26(36)32-23-11-13-24(34)14-12-23/h8-14,17,20,34H,7,15-16,18H2,1-6H3,(H2,31,35)(H2,32,33,36). The summed E-state index contributed by atoms with van der Waals surface area (Å²) in [7, 11) is 0. The lowest BCUT2D eigenvalue weighted by molar-refractivity contribution is -0.126. The number of urea groups is 1. The van der Waals surface area contributed by atoms with E-state index >= 15 is 0 Å². The van der Waals surface area contributed by atoms with Crippen LogP contribution in [0.3, 0.4) is 0 Å². The van der Waals surface area contributed by atoms with Crippen LogP contribution in [0.4, 0.5) is 10.5 Å². The average Bonchev–Trinajstić information content (AvgIpc) is 2.82. The second-order valence-electron chi connectivity index (χ2n) is 11.1. The van der Waals surface area contributed by atoms with Gasteiger partial charge in [-0.25, -0.2) is 4.79 Å². The van der Waals surface area contributed by atoms with Crippen molar-refractivity contribution < 1.29 is 14.7 Å². The number of anilines is 1. The minimum atomic E-state index is -0.661. The lowest BCUT2D eigenvalue weighted by Crippen LogP contribution is -2.43. The van der Waals surface area contributed by atoms with Crippen molar-refractivity contribution >= 4 is 17.6 Å². The van der Waals surface area contributed by atoms with E-state index in [-0.39, 0.29) is 29.0 Å². The summed E-state index contributed by atoms with van der Waals surface area (Å²) in [6.07, 6.45) is 2.66. The molecule has 3 amide bonds. The smallest absolute Gasteiger partial charge is 0.319 e. The van der Waals surface area contributed by atoms with Gasteiger partial charge in [-0.2, -0.15) is 5.26 Å². The van der Waals surface area contributed by atoms with Crippen molar-refractivity contribution in [2.75, 3.05) is 5.32 Å². The fourth-order valence-electron chi connectivity index (χ4n) is 4.23.